The first-order valence-corrected chi connectivity index (χ1v) is 6.85. The fraction of sp³-hybridized carbons (Fsp3) is 0.267. The van der Waals surface area contributed by atoms with E-state index in [1.165, 1.54) is 6.07 Å². The van der Waals surface area contributed by atoms with Gasteiger partial charge in [0.1, 0.15) is 0 Å². The van der Waals surface area contributed by atoms with Gasteiger partial charge in [0.25, 0.3) is 5.69 Å². The summed E-state index contributed by atoms with van der Waals surface area (Å²) in [6.45, 7) is 3.40. The third-order valence-corrected chi connectivity index (χ3v) is 2.93. The second kappa shape index (κ2) is 7.23. The Labute approximate surface area is 123 Å². The molecule has 1 aromatic carbocycles. The number of anilines is 2. The number of rotatable bonds is 7. The smallest absolute Gasteiger partial charge is 0.273 e. The maximum Gasteiger partial charge on any atom is 0.273 e. The molecule has 0 unspecified atom stereocenters. The molecule has 0 bridgehead atoms. The Balaban J connectivity index is 2.13. The van der Waals surface area contributed by atoms with Crippen molar-refractivity contribution >= 4 is 17.1 Å². The van der Waals surface area contributed by atoms with Crippen molar-refractivity contribution in [2.24, 2.45) is 0 Å². The van der Waals surface area contributed by atoms with Crippen LogP contribution in [0.4, 0.5) is 17.1 Å². The van der Waals surface area contributed by atoms with Gasteiger partial charge in [-0.3, -0.25) is 15.1 Å². The molecule has 0 saturated heterocycles. The number of hydrogen-bond donors (Lipinski definition) is 2. The van der Waals surface area contributed by atoms with Crippen LogP contribution in [0.5, 0.6) is 0 Å². The van der Waals surface area contributed by atoms with Crippen molar-refractivity contribution in [2.45, 2.75) is 19.9 Å². The van der Waals surface area contributed by atoms with E-state index in [-0.39, 0.29) is 10.6 Å². The zero-order valence-corrected chi connectivity index (χ0v) is 11.9. The molecule has 0 atom stereocenters. The Morgan fingerprint density at radius 3 is 2.62 bits per heavy atom. The Hall–Kier alpha value is -2.63. The predicted molar refractivity (Wildman–Crippen MR) is 83.4 cm³/mol. The van der Waals surface area contributed by atoms with Crippen molar-refractivity contribution < 1.29 is 4.92 Å². The van der Waals surface area contributed by atoms with Crippen LogP contribution in [0.25, 0.3) is 0 Å². The molecule has 0 fully saturated rings. The van der Waals surface area contributed by atoms with Gasteiger partial charge in [-0.15, -0.1) is 0 Å². The fourth-order valence-corrected chi connectivity index (χ4v) is 1.90. The molecule has 110 valence electrons. The van der Waals surface area contributed by atoms with Crippen LogP contribution in [-0.2, 0) is 6.54 Å². The molecule has 0 saturated carbocycles. The third kappa shape index (κ3) is 4.45. The molecular formula is C15H18N4O2. The first-order valence-electron chi connectivity index (χ1n) is 6.85. The highest BCUT2D eigenvalue weighted by Gasteiger charge is 2.09. The topological polar surface area (TPSA) is 80.1 Å². The zero-order valence-electron chi connectivity index (χ0n) is 11.9. The largest absolute Gasteiger partial charge is 0.385 e. The van der Waals surface area contributed by atoms with E-state index in [4.69, 9.17) is 0 Å². The van der Waals surface area contributed by atoms with E-state index in [1.54, 1.807) is 18.5 Å². The number of nitro groups is 1. The first-order chi connectivity index (χ1) is 10.2. The van der Waals surface area contributed by atoms with Crippen molar-refractivity contribution in [3.8, 4) is 0 Å². The highest BCUT2D eigenvalue weighted by atomic mass is 16.6. The van der Waals surface area contributed by atoms with Gasteiger partial charge in [0.15, 0.2) is 0 Å². The molecule has 0 aliphatic carbocycles. The van der Waals surface area contributed by atoms with Crippen molar-refractivity contribution in [2.75, 3.05) is 17.2 Å². The minimum atomic E-state index is -0.383. The molecule has 0 amide bonds. The monoisotopic (exact) mass is 286 g/mol. The lowest BCUT2D eigenvalue weighted by Crippen LogP contribution is -2.04. The summed E-state index contributed by atoms with van der Waals surface area (Å²) in [4.78, 5) is 14.7. The van der Waals surface area contributed by atoms with Gasteiger partial charge < -0.3 is 10.6 Å². The Morgan fingerprint density at radius 1 is 1.24 bits per heavy atom. The quantitative estimate of drug-likeness (QED) is 0.602. The summed E-state index contributed by atoms with van der Waals surface area (Å²) in [6, 6.07) is 8.77. The average molecular weight is 286 g/mol. The molecule has 0 aliphatic heterocycles. The van der Waals surface area contributed by atoms with Crippen LogP contribution < -0.4 is 10.6 Å². The minimum absolute atomic E-state index is 0.0739. The van der Waals surface area contributed by atoms with Gasteiger partial charge in [0.05, 0.1) is 4.92 Å². The summed E-state index contributed by atoms with van der Waals surface area (Å²) in [5.74, 6) is 0. The van der Waals surface area contributed by atoms with Crippen LogP contribution in [-0.4, -0.2) is 16.5 Å². The van der Waals surface area contributed by atoms with Gasteiger partial charge in [-0.1, -0.05) is 13.0 Å². The summed E-state index contributed by atoms with van der Waals surface area (Å²) in [6.07, 6.45) is 4.44. The van der Waals surface area contributed by atoms with Gasteiger partial charge in [0.2, 0.25) is 0 Å². The van der Waals surface area contributed by atoms with Crippen LogP contribution in [0.1, 0.15) is 18.9 Å². The summed E-state index contributed by atoms with van der Waals surface area (Å²) in [5.41, 5.74) is 2.56. The summed E-state index contributed by atoms with van der Waals surface area (Å²) in [7, 11) is 0. The van der Waals surface area contributed by atoms with Crippen LogP contribution in [0.15, 0.2) is 42.7 Å². The maximum absolute atomic E-state index is 11.0. The first kappa shape index (κ1) is 14.8. The molecular weight excluding hydrogens is 268 g/mol. The molecule has 2 N–H and O–H groups in total. The maximum atomic E-state index is 11.0. The van der Waals surface area contributed by atoms with Crippen molar-refractivity contribution in [1.82, 2.24) is 4.98 Å². The van der Waals surface area contributed by atoms with Crippen molar-refractivity contribution in [3.63, 3.8) is 0 Å². The van der Waals surface area contributed by atoms with Gasteiger partial charge >= 0.3 is 0 Å². The van der Waals surface area contributed by atoms with Crippen LogP contribution in [0.2, 0.25) is 0 Å². The minimum Gasteiger partial charge on any atom is -0.385 e. The number of nitrogens with one attached hydrogen (secondary N) is 2. The standard InChI is InChI=1S/C15H18N4O2/c1-2-5-17-13-7-14(9-15(8-13)19(20)21)18-11-12-4-3-6-16-10-12/h3-4,6-10,17-18H,2,5,11H2,1H3. The highest BCUT2D eigenvalue weighted by Crippen LogP contribution is 2.24. The van der Waals surface area contributed by atoms with Crippen LogP contribution in [0.3, 0.4) is 0 Å². The number of non-ortho nitro benzene ring substituents is 1. The molecule has 1 aromatic heterocycles. The Morgan fingerprint density at radius 2 is 2.00 bits per heavy atom. The molecule has 2 aromatic rings. The number of pyridine rings is 1. The number of nitrogens with zero attached hydrogens (tertiary/aromatic N) is 2. The number of hydrogen-bond acceptors (Lipinski definition) is 5. The van der Waals surface area contributed by atoms with Crippen molar-refractivity contribution in [3.05, 3.63) is 58.4 Å². The number of nitro benzene ring substituents is 1. The lowest BCUT2D eigenvalue weighted by atomic mass is 10.2. The predicted octanol–water partition coefficient (Wildman–Crippen LogP) is 3.42. The number of benzene rings is 1. The average Bonchev–Trinajstić information content (AvgIpc) is 2.51. The van der Waals surface area contributed by atoms with E-state index in [0.29, 0.717) is 12.2 Å². The molecule has 0 radical (unpaired) electrons. The van der Waals surface area contributed by atoms with Gasteiger partial charge in [-0.25, -0.2) is 0 Å². The Kier molecular flexibility index (Phi) is 5.09. The van der Waals surface area contributed by atoms with E-state index in [2.05, 4.69) is 15.6 Å². The van der Waals surface area contributed by atoms with Gasteiger partial charge in [0, 0.05) is 49.0 Å². The van der Waals surface area contributed by atoms with E-state index in [0.717, 1.165) is 24.2 Å². The lowest BCUT2D eigenvalue weighted by molar-refractivity contribution is -0.384. The fourth-order valence-electron chi connectivity index (χ4n) is 1.90. The van der Waals surface area contributed by atoms with Gasteiger partial charge in [-0.2, -0.15) is 0 Å². The molecule has 1 heterocycles. The molecule has 6 nitrogen and oxygen atoms in total. The van der Waals surface area contributed by atoms with Crippen LogP contribution >= 0.6 is 0 Å². The van der Waals surface area contributed by atoms with E-state index in [9.17, 15) is 10.1 Å². The SMILES string of the molecule is CCCNc1cc(NCc2cccnc2)cc([N+](=O)[O-])c1. The summed E-state index contributed by atoms with van der Waals surface area (Å²) in [5, 5.41) is 17.4. The van der Waals surface area contributed by atoms with E-state index < -0.39 is 0 Å². The van der Waals surface area contributed by atoms with Crippen molar-refractivity contribution in [1.29, 1.82) is 0 Å². The second-order valence-corrected chi connectivity index (χ2v) is 4.67. The number of aromatic nitrogens is 1. The van der Waals surface area contributed by atoms with Crippen LogP contribution in [0, 0.1) is 10.1 Å². The zero-order chi connectivity index (χ0) is 15.1. The molecule has 2 rings (SSSR count). The third-order valence-electron chi connectivity index (χ3n) is 2.93. The van der Waals surface area contributed by atoms with E-state index >= 15 is 0 Å². The molecule has 0 spiro atoms. The highest BCUT2D eigenvalue weighted by molar-refractivity contribution is 5.63. The van der Waals surface area contributed by atoms with E-state index in [1.807, 2.05) is 25.1 Å². The molecule has 6 heteroatoms. The lowest BCUT2D eigenvalue weighted by Gasteiger charge is -2.10. The summed E-state index contributed by atoms with van der Waals surface area (Å²) >= 11 is 0. The normalized spacial score (nSPS) is 10.1. The van der Waals surface area contributed by atoms with Gasteiger partial charge in [-0.05, 0) is 24.1 Å². The molecule has 21 heavy (non-hydrogen) atoms. The Bertz CT molecular complexity index is 602. The molecule has 0 aliphatic rings. The summed E-state index contributed by atoms with van der Waals surface area (Å²) < 4.78 is 0. The second-order valence-electron chi connectivity index (χ2n) is 4.67.